The molecule has 3 rings (SSSR count). The van der Waals surface area contributed by atoms with Gasteiger partial charge in [0, 0.05) is 29.7 Å². The summed E-state index contributed by atoms with van der Waals surface area (Å²) in [6.07, 6.45) is -0.0136. The summed E-state index contributed by atoms with van der Waals surface area (Å²) in [5.74, 6) is -1.64. The first kappa shape index (κ1) is 23.1. The van der Waals surface area contributed by atoms with E-state index in [0.29, 0.717) is 30.0 Å². The van der Waals surface area contributed by atoms with Crippen LogP contribution < -0.4 is 10.6 Å². The summed E-state index contributed by atoms with van der Waals surface area (Å²) in [6, 6.07) is 12.4. The van der Waals surface area contributed by atoms with Crippen molar-refractivity contribution in [1.29, 1.82) is 0 Å². The van der Waals surface area contributed by atoms with Crippen LogP contribution in [0.1, 0.15) is 40.3 Å². The summed E-state index contributed by atoms with van der Waals surface area (Å²) in [4.78, 5) is 43.0. The van der Waals surface area contributed by atoms with Crippen LogP contribution in [0.4, 0.5) is 15.2 Å². The molecule has 0 radical (unpaired) electrons. The third kappa shape index (κ3) is 5.76. The number of carbonyl (C=O) groups is 3. The van der Waals surface area contributed by atoms with E-state index in [1.54, 1.807) is 40.6 Å². The van der Waals surface area contributed by atoms with Crippen LogP contribution in [0.2, 0.25) is 0 Å². The van der Waals surface area contributed by atoms with E-state index in [0.717, 1.165) is 11.3 Å². The zero-order valence-electron chi connectivity index (χ0n) is 17.7. The molecule has 0 aliphatic heterocycles. The minimum absolute atomic E-state index is 0.0136. The average Bonchev–Trinajstić information content (AvgIpc) is 3.21. The van der Waals surface area contributed by atoms with Crippen LogP contribution in [0.15, 0.2) is 53.9 Å². The predicted molar refractivity (Wildman–Crippen MR) is 122 cm³/mol. The van der Waals surface area contributed by atoms with Gasteiger partial charge in [0.25, 0.3) is 11.8 Å². The number of nitrogens with one attached hydrogen (secondary N) is 2. The Kier molecular flexibility index (Phi) is 7.67. The molecular weight excluding hydrogens is 431 g/mol. The van der Waals surface area contributed by atoms with Crippen molar-refractivity contribution in [3.63, 3.8) is 0 Å². The Morgan fingerprint density at radius 1 is 1.03 bits per heavy atom. The van der Waals surface area contributed by atoms with Crippen molar-refractivity contribution in [2.75, 3.05) is 23.7 Å². The largest absolute Gasteiger partial charge is 0.339 e. The molecule has 0 fully saturated rings. The van der Waals surface area contributed by atoms with Gasteiger partial charge in [-0.2, -0.15) is 0 Å². The number of benzene rings is 2. The monoisotopic (exact) mass is 454 g/mol. The van der Waals surface area contributed by atoms with Crippen LogP contribution in [0.5, 0.6) is 0 Å². The molecule has 2 aromatic carbocycles. The number of carbonyl (C=O) groups excluding carboxylic acids is 3. The molecular formula is C23H23FN4O3S. The summed E-state index contributed by atoms with van der Waals surface area (Å²) < 4.78 is 13.7. The van der Waals surface area contributed by atoms with Crippen molar-refractivity contribution in [3.05, 3.63) is 76.5 Å². The Morgan fingerprint density at radius 2 is 1.78 bits per heavy atom. The van der Waals surface area contributed by atoms with Gasteiger partial charge in [-0.25, -0.2) is 9.37 Å². The molecule has 0 atom stereocenters. The normalized spacial score (nSPS) is 10.5. The molecule has 1 heterocycles. The van der Waals surface area contributed by atoms with Gasteiger partial charge in [-0.1, -0.05) is 18.2 Å². The maximum absolute atomic E-state index is 13.7. The Bertz CT molecular complexity index is 1130. The fourth-order valence-electron chi connectivity index (χ4n) is 3.05. The van der Waals surface area contributed by atoms with Crippen LogP contribution in [0.25, 0.3) is 0 Å². The molecule has 3 aromatic rings. The van der Waals surface area contributed by atoms with Crippen molar-refractivity contribution in [3.8, 4) is 0 Å². The van der Waals surface area contributed by atoms with Crippen molar-refractivity contribution >= 4 is 39.9 Å². The van der Waals surface area contributed by atoms with Gasteiger partial charge in [0.2, 0.25) is 5.91 Å². The molecule has 0 unspecified atom stereocenters. The quantitative estimate of drug-likeness (QED) is 0.534. The van der Waals surface area contributed by atoms with E-state index in [2.05, 4.69) is 15.6 Å². The van der Waals surface area contributed by atoms with Gasteiger partial charge < -0.3 is 10.2 Å². The Balaban J connectivity index is 1.60. The lowest BCUT2D eigenvalue weighted by Gasteiger charge is -2.19. The van der Waals surface area contributed by atoms with Crippen molar-refractivity contribution in [1.82, 2.24) is 9.88 Å². The van der Waals surface area contributed by atoms with Crippen molar-refractivity contribution in [2.45, 2.75) is 20.3 Å². The van der Waals surface area contributed by atoms with Gasteiger partial charge in [-0.15, -0.1) is 11.3 Å². The minimum Gasteiger partial charge on any atom is -0.339 e. The molecule has 0 bridgehead atoms. The molecule has 2 N–H and O–H groups in total. The summed E-state index contributed by atoms with van der Waals surface area (Å²) in [6.45, 7) is 5.03. The lowest BCUT2D eigenvalue weighted by Crippen LogP contribution is -2.30. The fraction of sp³-hybridized carbons (Fsp3) is 0.217. The second-order valence-corrected chi connectivity index (χ2v) is 7.72. The molecule has 0 saturated heterocycles. The van der Waals surface area contributed by atoms with Gasteiger partial charge in [-0.3, -0.25) is 19.7 Å². The highest BCUT2D eigenvalue weighted by atomic mass is 32.1. The smallest absolute Gasteiger partial charge is 0.260 e. The molecule has 32 heavy (non-hydrogen) atoms. The summed E-state index contributed by atoms with van der Waals surface area (Å²) in [5.41, 5.74) is 1.39. The molecule has 9 heteroatoms. The second kappa shape index (κ2) is 10.6. The number of rotatable bonds is 8. The first-order valence-corrected chi connectivity index (χ1v) is 11.0. The number of thiazole rings is 1. The lowest BCUT2D eigenvalue weighted by molar-refractivity contribution is -0.115. The third-order valence-corrected chi connectivity index (χ3v) is 5.48. The predicted octanol–water partition coefficient (Wildman–Crippen LogP) is 4.20. The summed E-state index contributed by atoms with van der Waals surface area (Å²) in [5, 5.41) is 7.22. The van der Waals surface area contributed by atoms with E-state index >= 15 is 0 Å². The molecule has 0 spiro atoms. The van der Waals surface area contributed by atoms with E-state index in [1.165, 1.54) is 18.2 Å². The maximum atomic E-state index is 13.7. The standard InChI is InChI=1S/C23H23FN4O3S/c1-3-28(4-2)22(31)15-8-7-9-16(12-15)25-20(29)13-17-14-32-23(26-17)27-21(30)18-10-5-6-11-19(18)24/h5-12,14H,3-4,13H2,1-2H3,(H,25,29)(H,26,27,30). The number of aromatic nitrogens is 1. The van der Waals surface area contributed by atoms with Crippen LogP contribution in [0.3, 0.4) is 0 Å². The average molecular weight is 455 g/mol. The summed E-state index contributed by atoms with van der Waals surface area (Å²) in [7, 11) is 0. The number of hydrogen-bond acceptors (Lipinski definition) is 5. The van der Waals surface area contributed by atoms with Gasteiger partial charge in [0.05, 0.1) is 17.7 Å². The van der Waals surface area contributed by atoms with Gasteiger partial charge in [-0.05, 0) is 44.2 Å². The van der Waals surface area contributed by atoms with Crippen LogP contribution in [-0.2, 0) is 11.2 Å². The molecule has 166 valence electrons. The molecule has 0 aliphatic carbocycles. The first-order valence-electron chi connectivity index (χ1n) is 10.1. The van der Waals surface area contributed by atoms with Crippen LogP contribution >= 0.6 is 11.3 Å². The molecule has 0 aliphatic rings. The van der Waals surface area contributed by atoms with E-state index in [4.69, 9.17) is 0 Å². The zero-order valence-corrected chi connectivity index (χ0v) is 18.5. The van der Waals surface area contributed by atoms with Gasteiger partial charge in [0.15, 0.2) is 5.13 Å². The number of hydrogen-bond donors (Lipinski definition) is 2. The van der Waals surface area contributed by atoms with E-state index in [1.807, 2.05) is 13.8 Å². The molecule has 1 aromatic heterocycles. The highest BCUT2D eigenvalue weighted by molar-refractivity contribution is 7.14. The number of anilines is 2. The fourth-order valence-corrected chi connectivity index (χ4v) is 3.75. The summed E-state index contributed by atoms with van der Waals surface area (Å²) >= 11 is 1.15. The highest BCUT2D eigenvalue weighted by Gasteiger charge is 2.15. The number of nitrogens with zero attached hydrogens (tertiary/aromatic N) is 2. The first-order chi connectivity index (χ1) is 15.4. The lowest BCUT2D eigenvalue weighted by atomic mass is 10.1. The SMILES string of the molecule is CCN(CC)C(=O)c1cccc(NC(=O)Cc2csc(NC(=O)c3ccccc3F)n2)c1. The molecule has 0 saturated carbocycles. The Morgan fingerprint density at radius 3 is 2.50 bits per heavy atom. The number of amides is 3. The highest BCUT2D eigenvalue weighted by Crippen LogP contribution is 2.19. The topological polar surface area (TPSA) is 91.4 Å². The van der Waals surface area contributed by atoms with E-state index < -0.39 is 11.7 Å². The molecule has 7 nitrogen and oxygen atoms in total. The van der Waals surface area contributed by atoms with Crippen molar-refractivity contribution < 1.29 is 18.8 Å². The second-order valence-electron chi connectivity index (χ2n) is 6.86. The maximum Gasteiger partial charge on any atom is 0.260 e. The number of halogens is 1. The van der Waals surface area contributed by atoms with E-state index in [9.17, 15) is 18.8 Å². The van der Waals surface area contributed by atoms with Crippen LogP contribution in [-0.4, -0.2) is 40.7 Å². The Labute approximate surface area is 189 Å². The van der Waals surface area contributed by atoms with Crippen LogP contribution in [0, 0.1) is 5.82 Å². The third-order valence-electron chi connectivity index (χ3n) is 4.68. The van der Waals surface area contributed by atoms with Gasteiger partial charge in [0.1, 0.15) is 5.82 Å². The van der Waals surface area contributed by atoms with Crippen molar-refractivity contribution in [2.24, 2.45) is 0 Å². The Hall–Kier alpha value is -3.59. The minimum atomic E-state index is -0.622. The molecule has 3 amide bonds. The van der Waals surface area contributed by atoms with Gasteiger partial charge >= 0.3 is 0 Å². The zero-order chi connectivity index (χ0) is 23.1. The van der Waals surface area contributed by atoms with E-state index in [-0.39, 0.29) is 28.9 Å².